The number of benzene rings is 2. The molecule has 10 heteroatoms. The van der Waals surface area contributed by atoms with Gasteiger partial charge in [-0.1, -0.05) is 32.0 Å². The second-order valence-corrected chi connectivity index (χ2v) is 10.2. The van der Waals surface area contributed by atoms with E-state index in [9.17, 15) is 22.7 Å². The number of hydrogen-bond acceptors (Lipinski definition) is 5. The zero-order valence-corrected chi connectivity index (χ0v) is 20.0. The second kappa shape index (κ2) is 9.23. The molecular formula is C26H28F4N4O2. The van der Waals surface area contributed by atoms with Gasteiger partial charge in [0.15, 0.2) is 0 Å². The van der Waals surface area contributed by atoms with E-state index in [2.05, 4.69) is 15.5 Å². The van der Waals surface area contributed by atoms with Gasteiger partial charge < -0.3 is 9.84 Å². The Morgan fingerprint density at radius 3 is 2.58 bits per heavy atom. The summed E-state index contributed by atoms with van der Waals surface area (Å²) in [6.45, 7) is 4.49. The summed E-state index contributed by atoms with van der Waals surface area (Å²) in [5, 5.41) is 20.1. The third-order valence-electron chi connectivity index (χ3n) is 7.70. The maximum Gasteiger partial charge on any atom is 0.453 e. The predicted octanol–water partition coefficient (Wildman–Crippen LogP) is 5.37. The molecular weight excluding hydrogens is 476 g/mol. The number of tetrazole rings is 1. The summed E-state index contributed by atoms with van der Waals surface area (Å²) < 4.78 is 61.2. The summed E-state index contributed by atoms with van der Waals surface area (Å²) >= 11 is 0. The van der Waals surface area contributed by atoms with Crippen LogP contribution in [0.3, 0.4) is 0 Å². The molecule has 5 rings (SSSR count). The van der Waals surface area contributed by atoms with Crippen LogP contribution in [0.5, 0.6) is 0 Å². The molecule has 6 nitrogen and oxygen atoms in total. The van der Waals surface area contributed by atoms with Crippen LogP contribution in [-0.2, 0) is 10.9 Å². The molecule has 2 heterocycles. The minimum atomic E-state index is -4.69. The highest BCUT2D eigenvalue weighted by atomic mass is 19.4. The molecule has 4 atom stereocenters. The van der Waals surface area contributed by atoms with Gasteiger partial charge >= 0.3 is 6.18 Å². The van der Waals surface area contributed by atoms with Crippen LogP contribution in [0.1, 0.15) is 73.4 Å². The van der Waals surface area contributed by atoms with Crippen molar-refractivity contribution in [3.8, 4) is 5.69 Å². The van der Waals surface area contributed by atoms with Gasteiger partial charge in [-0.05, 0) is 82.5 Å². The molecule has 1 aliphatic carbocycles. The lowest BCUT2D eigenvalue weighted by Crippen LogP contribution is -2.34. The predicted molar refractivity (Wildman–Crippen MR) is 123 cm³/mol. The number of alkyl halides is 3. The van der Waals surface area contributed by atoms with E-state index in [4.69, 9.17) is 4.74 Å². The highest BCUT2D eigenvalue weighted by Crippen LogP contribution is 2.56. The highest BCUT2D eigenvalue weighted by Gasteiger charge is 2.54. The van der Waals surface area contributed by atoms with E-state index in [1.807, 2.05) is 19.9 Å². The van der Waals surface area contributed by atoms with Gasteiger partial charge in [0, 0.05) is 18.4 Å². The number of ether oxygens (including phenoxy) is 1. The van der Waals surface area contributed by atoms with Gasteiger partial charge in [-0.25, -0.2) is 4.39 Å². The Hall–Kier alpha value is -2.85. The average Bonchev–Trinajstić information content (AvgIpc) is 3.58. The summed E-state index contributed by atoms with van der Waals surface area (Å²) in [5.74, 6) is -1.54. The SMILES string of the molecule is CC(C)c1ccc(-n2nnnc2C(F)(F)F)cc1[C@H]1CO[C@]2(CCC(CO)[C@H]2c2ccc(F)cc2)C1. The number of aliphatic hydroxyl groups excluding tert-OH is 1. The highest BCUT2D eigenvalue weighted by molar-refractivity contribution is 5.45. The molecule has 36 heavy (non-hydrogen) atoms. The normalized spacial score (nSPS) is 26.4. The molecule has 1 N–H and O–H groups in total. The Bertz CT molecular complexity index is 1230. The summed E-state index contributed by atoms with van der Waals surface area (Å²) in [6, 6.07) is 11.5. The lowest BCUT2D eigenvalue weighted by atomic mass is 9.75. The van der Waals surface area contributed by atoms with E-state index in [0.717, 1.165) is 34.2 Å². The van der Waals surface area contributed by atoms with Gasteiger partial charge in [0.2, 0.25) is 0 Å². The first-order chi connectivity index (χ1) is 17.1. The number of rotatable bonds is 5. The molecule has 1 saturated heterocycles. The van der Waals surface area contributed by atoms with E-state index in [-0.39, 0.29) is 41.8 Å². The van der Waals surface area contributed by atoms with Crippen molar-refractivity contribution in [2.45, 2.75) is 62.6 Å². The van der Waals surface area contributed by atoms with E-state index >= 15 is 0 Å². The summed E-state index contributed by atoms with van der Waals surface area (Å²) in [6.07, 6.45) is -2.51. The molecule has 1 unspecified atom stereocenters. The number of halogens is 4. The first-order valence-corrected chi connectivity index (χ1v) is 12.1. The van der Waals surface area contributed by atoms with Crippen LogP contribution in [0.25, 0.3) is 5.69 Å². The van der Waals surface area contributed by atoms with Crippen molar-refractivity contribution in [2.24, 2.45) is 5.92 Å². The molecule has 1 aliphatic heterocycles. The van der Waals surface area contributed by atoms with Crippen molar-refractivity contribution in [2.75, 3.05) is 13.2 Å². The van der Waals surface area contributed by atoms with Crippen LogP contribution in [-0.4, -0.2) is 44.1 Å². The van der Waals surface area contributed by atoms with Crippen LogP contribution in [0.4, 0.5) is 17.6 Å². The fraction of sp³-hybridized carbons (Fsp3) is 0.500. The van der Waals surface area contributed by atoms with Gasteiger partial charge in [0.25, 0.3) is 5.82 Å². The zero-order valence-electron chi connectivity index (χ0n) is 20.0. The number of aromatic nitrogens is 4. The molecule has 0 bridgehead atoms. The standard InChI is InChI=1S/C26H28F4N4O2/c1-15(2)21-8-7-20(34-24(26(28,29)30)31-32-33-34)11-22(21)18-12-25(36-14-18)10-9-17(13-35)23(25)16-3-5-19(27)6-4-16/h3-8,11,15,17-18,23,35H,9-10,12-14H2,1-2H3/t17?,18-,23-,25-/m1/s1. The molecule has 2 aliphatic rings. The molecule has 192 valence electrons. The third-order valence-corrected chi connectivity index (χ3v) is 7.70. The topological polar surface area (TPSA) is 73.1 Å². The Morgan fingerprint density at radius 2 is 1.92 bits per heavy atom. The van der Waals surface area contributed by atoms with Gasteiger partial charge in [-0.3, -0.25) is 0 Å². The van der Waals surface area contributed by atoms with E-state index < -0.39 is 17.6 Å². The minimum absolute atomic E-state index is 0.00403. The number of nitrogens with zero attached hydrogens (tertiary/aromatic N) is 4. The van der Waals surface area contributed by atoms with Gasteiger partial charge in [-0.15, -0.1) is 5.10 Å². The summed E-state index contributed by atoms with van der Waals surface area (Å²) in [5.41, 5.74) is 2.57. The van der Waals surface area contributed by atoms with E-state index in [1.165, 1.54) is 12.1 Å². The Balaban J connectivity index is 1.52. The van der Waals surface area contributed by atoms with Crippen LogP contribution < -0.4 is 0 Å². The molecule has 1 aromatic heterocycles. The minimum Gasteiger partial charge on any atom is -0.396 e. The molecule has 0 amide bonds. The number of aliphatic hydroxyl groups is 1. The van der Waals surface area contributed by atoms with Crippen molar-refractivity contribution in [1.29, 1.82) is 0 Å². The lowest BCUT2D eigenvalue weighted by Gasteiger charge is -2.33. The van der Waals surface area contributed by atoms with Gasteiger partial charge in [-0.2, -0.15) is 17.9 Å². The quantitative estimate of drug-likeness (QED) is 0.473. The average molecular weight is 505 g/mol. The first kappa shape index (κ1) is 24.8. The summed E-state index contributed by atoms with van der Waals surface area (Å²) in [4.78, 5) is 0. The zero-order chi connectivity index (χ0) is 25.7. The largest absolute Gasteiger partial charge is 0.453 e. The Morgan fingerprint density at radius 1 is 1.17 bits per heavy atom. The van der Waals surface area contributed by atoms with Gasteiger partial charge in [0.05, 0.1) is 17.9 Å². The smallest absolute Gasteiger partial charge is 0.396 e. The van der Waals surface area contributed by atoms with E-state index in [0.29, 0.717) is 13.0 Å². The maximum atomic E-state index is 13.6. The third kappa shape index (κ3) is 4.30. The van der Waals surface area contributed by atoms with Crippen molar-refractivity contribution in [3.63, 3.8) is 0 Å². The monoisotopic (exact) mass is 504 g/mol. The second-order valence-electron chi connectivity index (χ2n) is 10.2. The maximum absolute atomic E-state index is 13.6. The fourth-order valence-corrected chi connectivity index (χ4v) is 6.13. The van der Waals surface area contributed by atoms with Crippen molar-refractivity contribution < 1.29 is 27.4 Å². The molecule has 1 spiro atoms. The molecule has 3 aromatic rings. The van der Waals surface area contributed by atoms with Crippen LogP contribution in [0.2, 0.25) is 0 Å². The van der Waals surface area contributed by atoms with Crippen molar-refractivity contribution >= 4 is 0 Å². The first-order valence-electron chi connectivity index (χ1n) is 12.1. The van der Waals surface area contributed by atoms with Crippen molar-refractivity contribution in [1.82, 2.24) is 20.2 Å². The van der Waals surface area contributed by atoms with Crippen molar-refractivity contribution in [3.05, 3.63) is 70.8 Å². The van der Waals surface area contributed by atoms with Crippen LogP contribution >= 0.6 is 0 Å². The Kier molecular flexibility index (Phi) is 6.36. The molecule has 1 saturated carbocycles. The van der Waals surface area contributed by atoms with Gasteiger partial charge in [0.1, 0.15) is 5.82 Å². The summed E-state index contributed by atoms with van der Waals surface area (Å²) in [7, 11) is 0. The fourth-order valence-electron chi connectivity index (χ4n) is 6.13. The molecule has 2 aromatic carbocycles. The van der Waals surface area contributed by atoms with Crippen LogP contribution in [0, 0.1) is 11.7 Å². The molecule has 2 fully saturated rings. The number of hydrogen-bond donors (Lipinski definition) is 1. The molecule has 0 radical (unpaired) electrons. The Labute approximate surface area is 206 Å². The van der Waals surface area contributed by atoms with Crippen LogP contribution in [0.15, 0.2) is 42.5 Å². The van der Waals surface area contributed by atoms with E-state index in [1.54, 1.807) is 24.3 Å². The lowest BCUT2D eigenvalue weighted by molar-refractivity contribution is -0.146.